The van der Waals surface area contributed by atoms with Crippen LogP contribution >= 0.6 is 11.6 Å². The molecule has 0 heterocycles. The Hall–Kier alpha value is -3.13. The van der Waals surface area contributed by atoms with E-state index in [1.165, 1.54) is 12.1 Å². The van der Waals surface area contributed by atoms with Crippen LogP contribution in [0, 0.1) is 6.92 Å². The lowest BCUT2D eigenvalue weighted by Gasteiger charge is -2.30. The first-order valence-corrected chi connectivity index (χ1v) is 12.3. The van der Waals surface area contributed by atoms with Crippen molar-refractivity contribution >= 4 is 38.9 Å². The molecule has 6 nitrogen and oxygen atoms in total. The lowest BCUT2D eigenvalue weighted by Crippen LogP contribution is -2.50. The number of carbonyl (C=O) groups excluding carboxylic acids is 2. The van der Waals surface area contributed by atoms with Crippen LogP contribution in [0.15, 0.2) is 48.7 Å². The Morgan fingerprint density at radius 1 is 0.973 bits per heavy atom. The number of anilines is 1. The SMILES string of the molecule is C=C(CS(C)(=O)=O)NC(=O)c1c(Cl)cccc1C(=O)Nc1ccc(C(F)(C(F)(F)F)C(F)(F)F)cc1C. The maximum absolute atomic E-state index is 14.3. The normalized spacial score (nSPS) is 12.7. The van der Waals surface area contributed by atoms with Crippen LogP contribution in [-0.2, 0) is 15.5 Å². The predicted molar refractivity (Wildman–Crippen MR) is 122 cm³/mol. The van der Waals surface area contributed by atoms with Crippen LogP contribution < -0.4 is 10.6 Å². The van der Waals surface area contributed by atoms with E-state index in [2.05, 4.69) is 17.2 Å². The maximum Gasteiger partial charge on any atom is 0.435 e. The van der Waals surface area contributed by atoms with Gasteiger partial charge in [-0.2, -0.15) is 26.3 Å². The second-order valence-corrected chi connectivity index (χ2v) is 10.5. The van der Waals surface area contributed by atoms with Crippen LogP contribution in [0.3, 0.4) is 0 Å². The molecule has 2 amide bonds. The molecule has 15 heteroatoms. The molecule has 0 saturated heterocycles. The molecular weight excluding hydrogens is 557 g/mol. The molecule has 0 atom stereocenters. The molecule has 0 aromatic heterocycles. The first-order valence-electron chi connectivity index (χ1n) is 9.89. The third-order valence-corrected chi connectivity index (χ3v) is 6.05. The number of rotatable bonds is 7. The van der Waals surface area contributed by atoms with Crippen molar-refractivity contribution in [3.05, 3.63) is 76.0 Å². The molecule has 2 rings (SSSR count). The highest BCUT2D eigenvalue weighted by Gasteiger charge is 2.73. The highest BCUT2D eigenvalue weighted by atomic mass is 35.5. The highest BCUT2D eigenvalue weighted by molar-refractivity contribution is 7.90. The molecule has 2 N–H and O–H groups in total. The van der Waals surface area contributed by atoms with Crippen molar-refractivity contribution in [2.45, 2.75) is 24.9 Å². The average molecular weight is 575 g/mol. The second-order valence-electron chi connectivity index (χ2n) is 7.93. The van der Waals surface area contributed by atoms with Crippen LogP contribution in [0.4, 0.5) is 36.4 Å². The minimum absolute atomic E-state index is 0.227. The summed E-state index contributed by atoms with van der Waals surface area (Å²) in [5.41, 5.74) is -9.04. The topological polar surface area (TPSA) is 92.3 Å². The lowest BCUT2D eigenvalue weighted by molar-refractivity contribution is -0.348. The summed E-state index contributed by atoms with van der Waals surface area (Å²) in [5.74, 6) is -2.66. The van der Waals surface area contributed by atoms with Crippen molar-refractivity contribution in [2.75, 3.05) is 17.3 Å². The zero-order valence-corrected chi connectivity index (χ0v) is 20.5. The summed E-state index contributed by atoms with van der Waals surface area (Å²) in [7, 11) is -3.56. The standard InChI is InChI=1S/C22H18ClF7N2O4S/c1-11-9-13(20(24,21(25,26)27)22(28,29)30)7-8-16(11)32-18(33)14-5-4-6-15(23)17(14)19(34)31-12(2)10-37(3,35)36/h4-9H,2,10H2,1,3H3,(H,31,34)(H,32,33). The summed E-state index contributed by atoms with van der Waals surface area (Å²) < 4.78 is 115. The van der Waals surface area contributed by atoms with Gasteiger partial charge in [-0.05, 0) is 30.7 Å². The van der Waals surface area contributed by atoms with Gasteiger partial charge < -0.3 is 10.6 Å². The van der Waals surface area contributed by atoms with E-state index in [1.807, 2.05) is 0 Å². The van der Waals surface area contributed by atoms with E-state index >= 15 is 0 Å². The quantitative estimate of drug-likeness (QED) is 0.429. The Morgan fingerprint density at radius 3 is 2.03 bits per heavy atom. The van der Waals surface area contributed by atoms with E-state index in [4.69, 9.17) is 11.6 Å². The number of hydrogen-bond acceptors (Lipinski definition) is 4. The lowest BCUT2D eigenvalue weighted by atomic mass is 9.92. The fraction of sp³-hybridized carbons (Fsp3) is 0.273. The number of carbonyl (C=O) groups is 2. The van der Waals surface area contributed by atoms with Gasteiger partial charge in [-0.3, -0.25) is 9.59 Å². The Balaban J connectivity index is 2.41. The number of hydrogen-bond donors (Lipinski definition) is 2. The van der Waals surface area contributed by atoms with E-state index < -0.39 is 56.6 Å². The molecule has 202 valence electrons. The molecule has 0 unspecified atom stereocenters. The monoisotopic (exact) mass is 574 g/mol. The fourth-order valence-corrected chi connectivity index (χ4v) is 4.18. The maximum atomic E-state index is 14.3. The first kappa shape index (κ1) is 30.1. The minimum Gasteiger partial charge on any atom is -0.325 e. The zero-order valence-electron chi connectivity index (χ0n) is 18.9. The molecule has 0 aliphatic carbocycles. The molecule has 2 aromatic rings. The predicted octanol–water partition coefficient (Wildman–Crippen LogP) is 5.48. The van der Waals surface area contributed by atoms with Gasteiger partial charge in [0.25, 0.3) is 11.8 Å². The van der Waals surface area contributed by atoms with E-state index in [9.17, 15) is 48.7 Å². The van der Waals surface area contributed by atoms with E-state index in [1.54, 1.807) is 0 Å². The third-order valence-electron chi connectivity index (χ3n) is 4.87. The second kappa shape index (κ2) is 10.3. The molecular formula is C22H18ClF7N2O4S. The number of nitrogens with one attached hydrogen (secondary N) is 2. The Morgan fingerprint density at radius 2 is 1.54 bits per heavy atom. The molecule has 0 radical (unpaired) electrons. The number of benzene rings is 2. The number of halogens is 8. The summed E-state index contributed by atoms with van der Waals surface area (Å²) in [4.78, 5) is 25.5. The largest absolute Gasteiger partial charge is 0.435 e. The smallest absolute Gasteiger partial charge is 0.325 e. The number of aryl methyl sites for hydroxylation is 1. The molecule has 0 spiro atoms. The van der Waals surface area contributed by atoms with Crippen molar-refractivity contribution in [1.29, 1.82) is 0 Å². The molecule has 2 aromatic carbocycles. The summed E-state index contributed by atoms with van der Waals surface area (Å²) in [5, 5.41) is 4.17. The van der Waals surface area contributed by atoms with Gasteiger partial charge >= 0.3 is 18.0 Å². The van der Waals surface area contributed by atoms with Crippen molar-refractivity contribution in [3.63, 3.8) is 0 Å². The van der Waals surface area contributed by atoms with Gasteiger partial charge in [0, 0.05) is 23.2 Å². The Labute approximate surface area is 211 Å². The molecule has 0 bridgehead atoms. The van der Waals surface area contributed by atoms with E-state index in [0.29, 0.717) is 6.07 Å². The van der Waals surface area contributed by atoms with Gasteiger partial charge in [-0.25, -0.2) is 12.8 Å². The van der Waals surface area contributed by atoms with Crippen molar-refractivity contribution < 1.29 is 48.7 Å². The summed E-state index contributed by atoms with van der Waals surface area (Å²) in [6.45, 7) is 4.44. The van der Waals surface area contributed by atoms with E-state index in [0.717, 1.165) is 19.2 Å². The van der Waals surface area contributed by atoms with Crippen molar-refractivity contribution in [3.8, 4) is 0 Å². The van der Waals surface area contributed by atoms with Gasteiger partial charge in [0.15, 0.2) is 9.84 Å². The van der Waals surface area contributed by atoms with E-state index in [-0.39, 0.29) is 39.7 Å². The summed E-state index contributed by atoms with van der Waals surface area (Å²) in [6.07, 6.45) is -11.7. The molecule has 0 aliphatic rings. The summed E-state index contributed by atoms with van der Waals surface area (Å²) in [6, 6.07) is 4.81. The van der Waals surface area contributed by atoms with Gasteiger partial charge in [-0.1, -0.05) is 36.4 Å². The molecule has 0 fully saturated rings. The van der Waals surface area contributed by atoms with Gasteiger partial charge in [0.2, 0.25) is 0 Å². The minimum atomic E-state index is -6.31. The van der Waals surface area contributed by atoms with Crippen molar-refractivity contribution in [2.24, 2.45) is 0 Å². The average Bonchev–Trinajstić information content (AvgIpc) is 2.71. The third kappa shape index (κ3) is 6.60. The first-order chi connectivity index (χ1) is 16.7. The summed E-state index contributed by atoms with van der Waals surface area (Å²) >= 11 is 6.03. The highest BCUT2D eigenvalue weighted by Crippen LogP contribution is 2.53. The molecule has 0 saturated carbocycles. The molecule has 37 heavy (non-hydrogen) atoms. The van der Waals surface area contributed by atoms with Crippen LogP contribution in [0.5, 0.6) is 0 Å². The number of alkyl halides is 7. The van der Waals surface area contributed by atoms with Crippen LogP contribution in [-0.4, -0.2) is 44.6 Å². The molecule has 0 aliphatic heterocycles. The van der Waals surface area contributed by atoms with Crippen LogP contribution in [0.2, 0.25) is 5.02 Å². The van der Waals surface area contributed by atoms with Crippen LogP contribution in [0.25, 0.3) is 0 Å². The van der Waals surface area contributed by atoms with Gasteiger partial charge in [0.1, 0.15) is 0 Å². The van der Waals surface area contributed by atoms with Crippen LogP contribution in [0.1, 0.15) is 31.8 Å². The number of sulfone groups is 1. The Bertz CT molecular complexity index is 1340. The van der Waals surface area contributed by atoms with Gasteiger partial charge in [-0.15, -0.1) is 0 Å². The Kier molecular flexibility index (Phi) is 8.40. The fourth-order valence-electron chi connectivity index (χ4n) is 3.22. The van der Waals surface area contributed by atoms with Gasteiger partial charge in [0.05, 0.1) is 21.9 Å². The zero-order chi connectivity index (χ0) is 28.6. The number of amides is 2. The van der Waals surface area contributed by atoms with Crippen molar-refractivity contribution in [1.82, 2.24) is 5.32 Å².